The largest absolute Gasteiger partial charge is 0.289 e. The number of carbonyl (C=O) groups excluding carboxylic acids is 1. The average Bonchev–Trinajstić information content (AvgIpc) is 3.12. The molecule has 2 aromatic rings. The van der Waals surface area contributed by atoms with Crippen LogP contribution in [0, 0.1) is 0 Å². The molecule has 1 aromatic heterocycles. The first-order valence-corrected chi connectivity index (χ1v) is 10.0. The summed E-state index contributed by atoms with van der Waals surface area (Å²) in [7, 11) is 0. The molecule has 0 aliphatic rings. The van der Waals surface area contributed by atoms with E-state index in [2.05, 4.69) is 41.8 Å². The van der Waals surface area contributed by atoms with Crippen molar-refractivity contribution < 1.29 is 10.0 Å². The lowest BCUT2D eigenvalue weighted by Gasteiger charge is -2.11. The van der Waals surface area contributed by atoms with Gasteiger partial charge in [0.2, 0.25) is 0 Å². The second-order valence-corrected chi connectivity index (χ2v) is 7.46. The minimum atomic E-state index is -0.290. The highest BCUT2D eigenvalue weighted by atomic mass is 32.2. The summed E-state index contributed by atoms with van der Waals surface area (Å²) in [4.78, 5) is 12.7. The van der Waals surface area contributed by atoms with Crippen LogP contribution >= 0.6 is 23.1 Å². The maximum absolute atomic E-state index is 11.4. The molecule has 23 heavy (non-hydrogen) atoms. The van der Waals surface area contributed by atoms with Crippen LogP contribution < -0.4 is 5.48 Å². The Balaban J connectivity index is 1.69. The lowest BCUT2D eigenvalue weighted by Crippen LogP contribution is -2.29. The summed E-state index contributed by atoms with van der Waals surface area (Å²) < 4.78 is 0. The quantitative estimate of drug-likeness (QED) is 0.390. The molecule has 0 spiro atoms. The molecule has 3 nitrogen and oxygen atoms in total. The molecule has 2 N–H and O–H groups in total. The number of hydrogen-bond donors (Lipinski definition) is 2. The van der Waals surface area contributed by atoms with Crippen molar-refractivity contribution in [3.8, 4) is 10.4 Å². The Morgan fingerprint density at radius 2 is 2.00 bits per heavy atom. The van der Waals surface area contributed by atoms with Crippen molar-refractivity contribution in [2.45, 2.75) is 37.4 Å². The van der Waals surface area contributed by atoms with E-state index in [1.807, 2.05) is 6.26 Å². The number of thiophene rings is 1. The second kappa shape index (κ2) is 9.75. The normalized spacial score (nSPS) is 12.1. The highest BCUT2D eigenvalue weighted by Crippen LogP contribution is 2.25. The van der Waals surface area contributed by atoms with Gasteiger partial charge in [-0.15, -0.1) is 11.3 Å². The fraction of sp³-hybridized carbons (Fsp3) is 0.389. The van der Waals surface area contributed by atoms with Crippen molar-refractivity contribution >= 4 is 29.0 Å². The number of benzene rings is 1. The number of aryl methyl sites for hydroxylation is 1. The Bertz CT molecular complexity index is 582. The topological polar surface area (TPSA) is 49.3 Å². The highest BCUT2D eigenvalue weighted by Gasteiger charge is 2.15. The lowest BCUT2D eigenvalue weighted by molar-refractivity contribution is -0.128. The molecule has 1 amide bonds. The molecule has 0 fully saturated rings. The molecule has 2 rings (SSSR count). The predicted octanol–water partition coefficient (Wildman–Crippen LogP) is 4.76. The van der Waals surface area contributed by atoms with Gasteiger partial charge in [-0.25, -0.2) is 5.48 Å². The van der Waals surface area contributed by atoms with Gasteiger partial charge in [0.25, 0.3) is 5.91 Å². The first-order valence-electron chi connectivity index (χ1n) is 7.84. The summed E-state index contributed by atoms with van der Waals surface area (Å²) in [6.45, 7) is 0. The van der Waals surface area contributed by atoms with Crippen molar-refractivity contribution in [2.24, 2.45) is 0 Å². The summed E-state index contributed by atoms with van der Waals surface area (Å²) in [5, 5.41) is 10.6. The monoisotopic (exact) mass is 349 g/mol. The van der Waals surface area contributed by atoms with Gasteiger partial charge in [0.05, 0.1) is 5.25 Å². The zero-order valence-electron chi connectivity index (χ0n) is 13.3. The van der Waals surface area contributed by atoms with Crippen LogP contribution in [0.5, 0.6) is 0 Å². The molecule has 1 heterocycles. The van der Waals surface area contributed by atoms with E-state index in [9.17, 15) is 4.79 Å². The van der Waals surface area contributed by atoms with Crippen LogP contribution in [0.1, 0.15) is 31.2 Å². The number of hydroxylamine groups is 1. The Labute approximate surface area is 146 Å². The fourth-order valence-electron chi connectivity index (χ4n) is 2.54. The number of hydrogen-bond acceptors (Lipinski definition) is 4. The third-order valence-corrected chi connectivity index (χ3v) is 5.82. The van der Waals surface area contributed by atoms with Crippen molar-refractivity contribution in [1.82, 2.24) is 5.48 Å². The summed E-state index contributed by atoms with van der Waals surface area (Å²) in [6, 6.07) is 13.0. The Hall–Kier alpha value is -1.30. The van der Waals surface area contributed by atoms with Crippen LogP contribution in [0.4, 0.5) is 0 Å². The molecule has 0 bridgehead atoms. The molecule has 0 saturated heterocycles. The minimum Gasteiger partial charge on any atom is -0.289 e. The maximum atomic E-state index is 11.4. The van der Waals surface area contributed by atoms with Gasteiger partial charge in [-0.1, -0.05) is 43.2 Å². The average molecular weight is 350 g/mol. The molecule has 124 valence electrons. The highest BCUT2D eigenvalue weighted by molar-refractivity contribution is 7.99. The third kappa shape index (κ3) is 5.68. The smallest absolute Gasteiger partial charge is 0.256 e. The van der Waals surface area contributed by atoms with Gasteiger partial charge in [0.1, 0.15) is 0 Å². The first kappa shape index (κ1) is 18.0. The van der Waals surface area contributed by atoms with Crippen LogP contribution in [-0.4, -0.2) is 22.6 Å². The van der Waals surface area contributed by atoms with Gasteiger partial charge < -0.3 is 0 Å². The van der Waals surface area contributed by atoms with Gasteiger partial charge >= 0.3 is 0 Å². The van der Waals surface area contributed by atoms with Crippen LogP contribution in [0.2, 0.25) is 0 Å². The number of thioether (sulfide) groups is 1. The van der Waals surface area contributed by atoms with E-state index >= 15 is 0 Å². The molecule has 0 aliphatic carbocycles. The fourth-order valence-corrected chi connectivity index (χ4v) is 3.94. The molecule has 5 heteroatoms. The van der Waals surface area contributed by atoms with Gasteiger partial charge in [0.15, 0.2) is 0 Å². The molecular formula is C18H23NO2S2. The van der Waals surface area contributed by atoms with Crippen molar-refractivity contribution in [1.29, 1.82) is 0 Å². The van der Waals surface area contributed by atoms with E-state index in [4.69, 9.17) is 5.21 Å². The molecule has 0 saturated carbocycles. The van der Waals surface area contributed by atoms with Gasteiger partial charge in [-0.05, 0) is 48.1 Å². The molecule has 0 aliphatic heterocycles. The summed E-state index contributed by atoms with van der Waals surface area (Å²) >= 11 is 3.25. The van der Waals surface area contributed by atoms with Gasteiger partial charge in [-0.3, -0.25) is 10.0 Å². The zero-order chi connectivity index (χ0) is 16.5. The Kier molecular flexibility index (Phi) is 7.65. The van der Waals surface area contributed by atoms with E-state index in [0.29, 0.717) is 0 Å². The summed E-state index contributed by atoms with van der Waals surface area (Å²) in [5.74, 6) is -0.290. The van der Waals surface area contributed by atoms with Crippen molar-refractivity contribution in [3.63, 3.8) is 0 Å². The SMILES string of the molecule is CSC(CCCCCc1ccc(-c2cccs2)cc1)C(=O)NO. The van der Waals surface area contributed by atoms with Crippen LogP contribution in [-0.2, 0) is 11.2 Å². The molecule has 1 aromatic carbocycles. The summed E-state index contributed by atoms with van der Waals surface area (Å²) in [6.07, 6.45) is 7.01. The van der Waals surface area contributed by atoms with E-state index in [-0.39, 0.29) is 11.2 Å². The van der Waals surface area contributed by atoms with Crippen molar-refractivity contribution in [3.05, 3.63) is 47.3 Å². The summed E-state index contributed by atoms with van der Waals surface area (Å²) in [5.41, 5.74) is 4.38. The van der Waals surface area contributed by atoms with Crippen LogP contribution in [0.15, 0.2) is 41.8 Å². The van der Waals surface area contributed by atoms with Gasteiger partial charge in [-0.2, -0.15) is 11.8 Å². The van der Waals surface area contributed by atoms with E-state index in [1.54, 1.807) is 16.8 Å². The standard InChI is InChI=1S/C18H23NO2S2/c1-22-17(18(20)19-21)7-4-2-3-6-14-9-11-15(12-10-14)16-8-5-13-23-16/h5,8-13,17,21H,2-4,6-7H2,1H3,(H,19,20). The first-order chi connectivity index (χ1) is 11.2. The maximum Gasteiger partial charge on any atom is 0.256 e. The molecule has 1 unspecified atom stereocenters. The minimum absolute atomic E-state index is 0.148. The predicted molar refractivity (Wildman–Crippen MR) is 99.2 cm³/mol. The van der Waals surface area contributed by atoms with E-state index < -0.39 is 0 Å². The number of carbonyl (C=O) groups is 1. The zero-order valence-corrected chi connectivity index (χ0v) is 15.0. The Morgan fingerprint density at radius 3 is 2.61 bits per heavy atom. The number of unbranched alkanes of at least 4 members (excludes halogenated alkanes) is 2. The van der Waals surface area contributed by atoms with Crippen molar-refractivity contribution in [2.75, 3.05) is 6.26 Å². The third-order valence-electron chi connectivity index (χ3n) is 3.88. The van der Waals surface area contributed by atoms with E-state index in [1.165, 1.54) is 27.8 Å². The van der Waals surface area contributed by atoms with E-state index in [0.717, 1.165) is 32.1 Å². The molecule has 0 radical (unpaired) electrons. The van der Waals surface area contributed by atoms with Crippen LogP contribution in [0.25, 0.3) is 10.4 Å². The number of nitrogens with one attached hydrogen (secondary N) is 1. The lowest BCUT2D eigenvalue weighted by atomic mass is 10.0. The van der Waals surface area contributed by atoms with Crippen LogP contribution in [0.3, 0.4) is 0 Å². The number of amides is 1. The molecule has 1 atom stereocenters. The van der Waals surface area contributed by atoms with Gasteiger partial charge in [0, 0.05) is 4.88 Å². The molecular weight excluding hydrogens is 326 g/mol. The second-order valence-electron chi connectivity index (χ2n) is 5.47. The number of rotatable bonds is 9. The Morgan fingerprint density at radius 1 is 1.22 bits per heavy atom.